The summed E-state index contributed by atoms with van der Waals surface area (Å²) in [7, 11) is 0. The van der Waals surface area contributed by atoms with Gasteiger partial charge in [-0.05, 0) is 31.3 Å². The molecular weight excluding hydrogens is 422 g/mol. The fourth-order valence-corrected chi connectivity index (χ4v) is 4.95. The number of fused-ring (bicyclic) bond motifs is 2. The highest BCUT2D eigenvalue weighted by atomic mass is 35.5. The van der Waals surface area contributed by atoms with E-state index in [0.717, 1.165) is 63.8 Å². The molecule has 0 saturated heterocycles. The van der Waals surface area contributed by atoms with E-state index in [1.807, 2.05) is 12.1 Å². The molecule has 4 rings (SSSR count). The van der Waals surface area contributed by atoms with Gasteiger partial charge in [-0.3, -0.25) is 4.68 Å². The van der Waals surface area contributed by atoms with Crippen LogP contribution in [0, 0.1) is 0 Å². The molecule has 6 N–H and O–H groups in total. The first kappa shape index (κ1) is 24.3. The predicted molar refractivity (Wildman–Crippen MR) is 127 cm³/mol. The largest absolute Gasteiger partial charge is 0.507 e. The van der Waals surface area contributed by atoms with Crippen LogP contribution in [0.2, 0.25) is 0 Å². The first-order chi connectivity index (χ1) is 13.7. The van der Waals surface area contributed by atoms with E-state index in [9.17, 15) is 5.11 Å². The van der Waals surface area contributed by atoms with Gasteiger partial charge in [0.05, 0.1) is 17.0 Å². The summed E-state index contributed by atoms with van der Waals surface area (Å²) < 4.78 is 2.11. The summed E-state index contributed by atoms with van der Waals surface area (Å²) in [4.78, 5) is 4.38. The Kier molecular flexibility index (Phi) is 8.40. The molecule has 2 heterocycles. The molecule has 0 atom stereocenters. The minimum atomic E-state index is 0. The predicted octanol–water partition coefficient (Wildman–Crippen LogP) is 3.18. The summed E-state index contributed by atoms with van der Waals surface area (Å²) in [5, 5.41) is 20.0. The van der Waals surface area contributed by atoms with Crippen molar-refractivity contribution in [2.45, 2.75) is 30.2 Å². The van der Waals surface area contributed by atoms with Crippen LogP contribution in [0.1, 0.15) is 13.8 Å². The number of aromatic hydroxyl groups is 1. The summed E-state index contributed by atoms with van der Waals surface area (Å²) in [5.74, 6) is 0.299. The molecule has 0 spiro atoms. The van der Waals surface area contributed by atoms with Crippen LogP contribution >= 0.6 is 24.2 Å². The minimum absolute atomic E-state index is 0. The standard InChI is InChI=1S/C21H27N5OS.ClH.H2O/c1-3-25(4-2)12-13-26-16-9-8-15(23-11-10-22)21-18(16)19(24-26)14-6-5-7-17(27)20(14)28-21;;/h5-9,23,27H,3-4,10-13,22H2,1-2H3;1H;1H2. The van der Waals surface area contributed by atoms with Crippen LogP contribution < -0.4 is 11.1 Å². The van der Waals surface area contributed by atoms with E-state index in [0.29, 0.717) is 18.8 Å². The maximum atomic E-state index is 10.4. The van der Waals surface area contributed by atoms with Crippen LogP contribution in [-0.2, 0) is 6.54 Å². The summed E-state index contributed by atoms with van der Waals surface area (Å²) in [6.07, 6.45) is 0. The first-order valence-corrected chi connectivity index (χ1v) is 10.7. The zero-order valence-corrected chi connectivity index (χ0v) is 18.9. The van der Waals surface area contributed by atoms with Crippen LogP contribution in [0.25, 0.3) is 22.2 Å². The Bertz CT molecular complexity index is 1010. The van der Waals surface area contributed by atoms with Crippen molar-refractivity contribution in [3.63, 3.8) is 0 Å². The van der Waals surface area contributed by atoms with Crippen molar-refractivity contribution >= 4 is 40.8 Å². The zero-order valence-electron chi connectivity index (χ0n) is 17.3. The molecular formula is C21H30ClN5O2S. The van der Waals surface area contributed by atoms with E-state index >= 15 is 0 Å². The van der Waals surface area contributed by atoms with Crippen molar-refractivity contribution in [1.29, 1.82) is 0 Å². The SMILES string of the molecule is CCN(CC)CCn1nc2c3c(c(NCCN)ccc31)Sc1c(O)cccc1-2.Cl.O. The maximum Gasteiger partial charge on any atom is 0.130 e. The summed E-state index contributed by atoms with van der Waals surface area (Å²) >= 11 is 1.61. The van der Waals surface area contributed by atoms with E-state index in [2.05, 4.69) is 40.9 Å². The Hall–Kier alpha value is -1.97. The molecule has 1 aliphatic rings. The van der Waals surface area contributed by atoms with Crippen LogP contribution in [0.4, 0.5) is 5.69 Å². The van der Waals surface area contributed by atoms with Gasteiger partial charge in [-0.1, -0.05) is 37.7 Å². The lowest BCUT2D eigenvalue weighted by Gasteiger charge is -2.19. The molecule has 7 nitrogen and oxygen atoms in total. The number of nitrogens with one attached hydrogen (secondary N) is 1. The highest BCUT2D eigenvalue weighted by Crippen LogP contribution is 2.52. The number of likely N-dealkylation sites (N-methyl/N-ethyl adjacent to an activating group) is 1. The molecule has 0 radical (unpaired) electrons. The summed E-state index contributed by atoms with van der Waals surface area (Å²) in [6.45, 7) is 9.53. The number of hydrogen-bond acceptors (Lipinski definition) is 6. The first-order valence-electron chi connectivity index (χ1n) is 9.87. The second kappa shape index (κ2) is 10.4. The molecule has 0 aliphatic carbocycles. The molecule has 2 aromatic carbocycles. The second-order valence-corrected chi connectivity index (χ2v) is 7.93. The summed E-state index contributed by atoms with van der Waals surface area (Å²) in [6, 6.07) is 9.91. The lowest BCUT2D eigenvalue weighted by Crippen LogP contribution is -2.27. The molecule has 1 aromatic heterocycles. The summed E-state index contributed by atoms with van der Waals surface area (Å²) in [5.41, 5.74) is 9.82. The van der Waals surface area contributed by atoms with Crippen LogP contribution in [0.3, 0.4) is 0 Å². The third kappa shape index (κ3) is 4.24. The van der Waals surface area contributed by atoms with E-state index in [1.54, 1.807) is 17.8 Å². The number of phenols is 1. The number of hydrogen-bond donors (Lipinski definition) is 3. The number of nitrogens with zero attached hydrogens (tertiary/aromatic N) is 3. The molecule has 0 saturated carbocycles. The van der Waals surface area contributed by atoms with Crippen molar-refractivity contribution in [3.8, 4) is 17.0 Å². The molecule has 30 heavy (non-hydrogen) atoms. The van der Waals surface area contributed by atoms with Gasteiger partial charge < -0.3 is 26.5 Å². The Labute approximate surface area is 187 Å². The Morgan fingerprint density at radius 2 is 1.93 bits per heavy atom. The van der Waals surface area contributed by atoms with Gasteiger partial charge in [-0.2, -0.15) is 5.10 Å². The number of halogens is 1. The number of phenolic OH excluding ortho intramolecular Hbond substituents is 1. The second-order valence-electron chi connectivity index (χ2n) is 6.91. The number of nitrogens with two attached hydrogens (primary N) is 1. The topological polar surface area (TPSA) is 111 Å². The van der Waals surface area contributed by atoms with Gasteiger partial charge in [0.15, 0.2) is 0 Å². The van der Waals surface area contributed by atoms with Gasteiger partial charge in [-0.15, -0.1) is 12.4 Å². The average molecular weight is 452 g/mol. The molecule has 0 fully saturated rings. The average Bonchev–Trinajstić information content (AvgIpc) is 3.09. The number of anilines is 1. The number of benzene rings is 2. The molecule has 1 aliphatic heterocycles. The van der Waals surface area contributed by atoms with Crippen molar-refractivity contribution in [1.82, 2.24) is 14.7 Å². The fourth-order valence-electron chi connectivity index (χ4n) is 3.75. The number of aromatic nitrogens is 2. The van der Waals surface area contributed by atoms with E-state index < -0.39 is 0 Å². The third-order valence-electron chi connectivity index (χ3n) is 5.31. The number of rotatable bonds is 8. The lowest BCUT2D eigenvalue weighted by molar-refractivity contribution is 0.287. The van der Waals surface area contributed by atoms with Crippen molar-refractivity contribution in [2.75, 3.05) is 38.0 Å². The van der Waals surface area contributed by atoms with Crippen LogP contribution in [-0.4, -0.2) is 58.0 Å². The Balaban J connectivity index is 0.00000160. The molecule has 9 heteroatoms. The van der Waals surface area contributed by atoms with Gasteiger partial charge in [0.2, 0.25) is 0 Å². The maximum absolute atomic E-state index is 10.4. The highest BCUT2D eigenvalue weighted by molar-refractivity contribution is 8.00. The molecule has 0 amide bonds. The quantitative estimate of drug-likeness (QED) is 0.379. The van der Waals surface area contributed by atoms with Gasteiger partial charge in [0, 0.05) is 41.2 Å². The van der Waals surface area contributed by atoms with Crippen molar-refractivity contribution < 1.29 is 10.6 Å². The van der Waals surface area contributed by atoms with Crippen molar-refractivity contribution in [2.24, 2.45) is 5.73 Å². The smallest absolute Gasteiger partial charge is 0.130 e. The zero-order chi connectivity index (χ0) is 19.7. The van der Waals surface area contributed by atoms with E-state index in [4.69, 9.17) is 10.8 Å². The molecule has 3 aromatic rings. The normalized spacial score (nSPS) is 11.7. The molecule has 0 unspecified atom stereocenters. The molecule has 164 valence electrons. The Morgan fingerprint density at radius 1 is 1.17 bits per heavy atom. The van der Waals surface area contributed by atoms with Crippen LogP contribution in [0.5, 0.6) is 5.75 Å². The molecule has 0 bridgehead atoms. The fraction of sp³-hybridized carbons (Fsp3) is 0.381. The monoisotopic (exact) mass is 451 g/mol. The van der Waals surface area contributed by atoms with Gasteiger partial charge >= 0.3 is 0 Å². The van der Waals surface area contributed by atoms with Crippen molar-refractivity contribution in [3.05, 3.63) is 30.3 Å². The third-order valence-corrected chi connectivity index (χ3v) is 6.57. The van der Waals surface area contributed by atoms with E-state index in [1.165, 1.54) is 0 Å². The van der Waals surface area contributed by atoms with Gasteiger partial charge in [0.25, 0.3) is 0 Å². The minimum Gasteiger partial charge on any atom is -0.507 e. The lowest BCUT2D eigenvalue weighted by atomic mass is 10.1. The Morgan fingerprint density at radius 3 is 2.63 bits per heavy atom. The van der Waals surface area contributed by atoms with Gasteiger partial charge in [0.1, 0.15) is 11.4 Å². The van der Waals surface area contributed by atoms with E-state index in [-0.39, 0.29) is 17.9 Å². The highest BCUT2D eigenvalue weighted by Gasteiger charge is 2.27. The van der Waals surface area contributed by atoms with Gasteiger partial charge in [-0.25, -0.2) is 0 Å². The van der Waals surface area contributed by atoms with Crippen LogP contribution in [0.15, 0.2) is 40.1 Å².